The van der Waals surface area contributed by atoms with E-state index in [-0.39, 0.29) is 18.1 Å². The third kappa shape index (κ3) is 2.21. The molecule has 6 nitrogen and oxygen atoms in total. The summed E-state index contributed by atoms with van der Waals surface area (Å²) in [5.41, 5.74) is 0. The van der Waals surface area contributed by atoms with E-state index in [4.69, 9.17) is 18.9 Å². The lowest BCUT2D eigenvalue weighted by atomic mass is 10.2. The quantitative estimate of drug-likeness (QED) is 0.654. The summed E-state index contributed by atoms with van der Waals surface area (Å²) in [5.74, 6) is -1.14. The molecule has 1 aliphatic heterocycles. The number of hydrogen-bond donors (Lipinski definition) is 1. The van der Waals surface area contributed by atoms with E-state index in [1.807, 2.05) is 0 Å². The summed E-state index contributed by atoms with van der Waals surface area (Å²) in [6.07, 6.45) is -1.41. The Morgan fingerprint density at radius 3 is 2.53 bits per heavy atom. The number of hydrogen-bond acceptors (Lipinski definition) is 6. The average Bonchev–Trinajstić information content (AvgIpc) is 2.50. The molecule has 15 heavy (non-hydrogen) atoms. The molecule has 0 spiro atoms. The fourth-order valence-corrected chi connectivity index (χ4v) is 1.34. The number of aliphatic hydroxyl groups excluding tert-OH is 1. The second-order valence-corrected chi connectivity index (χ2v) is 2.97. The van der Waals surface area contributed by atoms with Crippen molar-refractivity contribution in [1.29, 1.82) is 0 Å². The first kappa shape index (κ1) is 11.8. The van der Waals surface area contributed by atoms with Crippen LogP contribution in [0.15, 0.2) is 11.5 Å². The first-order valence-corrected chi connectivity index (χ1v) is 4.35. The Kier molecular flexibility index (Phi) is 3.93. The highest BCUT2D eigenvalue weighted by atomic mass is 16.6. The van der Waals surface area contributed by atoms with Gasteiger partial charge in [-0.1, -0.05) is 0 Å². The minimum atomic E-state index is -0.864. The van der Waals surface area contributed by atoms with E-state index in [0.29, 0.717) is 0 Å². The first-order valence-electron chi connectivity index (χ1n) is 4.35. The van der Waals surface area contributed by atoms with Crippen LogP contribution in [0.25, 0.3) is 0 Å². The van der Waals surface area contributed by atoms with Crippen molar-refractivity contribution in [2.45, 2.75) is 12.2 Å². The Labute approximate surface area is 87.4 Å². The summed E-state index contributed by atoms with van der Waals surface area (Å²) >= 11 is 0. The Morgan fingerprint density at radius 2 is 2.13 bits per heavy atom. The van der Waals surface area contributed by atoms with Crippen molar-refractivity contribution >= 4 is 5.97 Å². The molecule has 0 radical (unpaired) electrons. The molecule has 2 atom stereocenters. The average molecular weight is 218 g/mol. The lowest BCUT2D eigenvalue weighted by Gasteiger charge is -2.19. The van der Waals surface area contributed by atoms with Gasteiger partial charge in [0.05, 0.1) is 13.7 Å². The number of methoxy groups -OCH3 is 3. The fraction of sp³-hybridized carbons (Fsp3) is 0.667. The smallest absolute Gasteiger partial charge is 0.378 e. The molecule has 1 aliphatic rings. The summed E-state index contributed by atoms with van der Waals surface area (Å²) in [7, 11) is 4.21. The predicted molar refractivity (Wildman–Crippen MR) is 49.2 cm³/mol. The predicted octanol–water partition coefficient (Wildman–Crippen LogP) is -0.0108. The van der Waals surface area contributed by atoms with Crippen molar-refractivity contribution in [1.82, 2.24) is 0 Å². The van der Waals surface area contributed by atoms with Crippen molar-refractivity contribution in [2.24, 2.45) is 0 Å². The van der Waals surface area contributed by atoms with E-state index >= 15 is 0 Å². The fourth-order valence-electron chi connectivity index (χ4n) is 1.34. The standard InChI is InChI=1S/C9H14O6/c1-12-4-5(13-2)7-6(10)8(14-3)9(11)15-7/h5,7,10H,4H2,1-3H3. The second kappa shape index (κ2) is 4.99. The molecule has 0 amide bonds. The summed E-state index contributed by atoms with van der Waals surface area (Å²) < 4.78 is 19.5. The number of carbonyl (C=O) groups is 1. The maximum absolute atomic E-state index is 11.2. The molecule has 0 bridgehead atoms. The van der Waals surface area contributed by atoms with E-state index in [0.717, 1.165) is 0 Å². The monoisotopic (exact) mass is 218 g/mol. The van der Waals surface area contributed by atoms with Crippen LogP contribution < -0.4 is 0 Å². The number of ether oxygens (including phenoxy) is 4. The maximum atomic E-state index is 11.2. The second-order valence-electron chi connectivity index (χ2n) is 2.97. The third-order valence-electron chi connectivity index (χ3n) is 2.10. The molecule has 1 heterocycles. The van der Waals surface area contributed by atoms with Crippen LogP contribution in [0.2, 0.25) is 0 Å². The van der Waals surface area contributed by atoms with Crippen molar-refractivity contribution in [2.75, 3.05) is 27.9 Å². The number of aliphatic hydroxyl groups is 1. The molecule has 6 heteroatoms. The van der Waals surface area contributed by atoms with Gasteiger partial charge in [-0.05, 0) is 0 Å². The van der Waals surface area contributed by atoms with Crippen LogP contribution in [0.3, 0.4) is 0 Å². The van der Waals surface area contributed by atoms with Crippen LogP contribution >= 0.6 is 0 Å². The van der Waals surface area contributed by atoms with Crippen LogP contribution in [0.1, 0.15) is 0 Å². The highest BCUT2D eigenvalue weighted by Crippen LogP contribution is 2.24. The van der Waals surface area contributed by atoms with Crippen molar-refractivity contribution < 1.29 is 28.8 Å². The number of esters is 1. The van der Waals surface area contributed by atoms with Gasteiger partial charge in [0.15, 0.2) is 11.9 Å². The summed E-state index contributed by atoms with van der Waals surface area (Å²) in [5, 5.41) is 9.62. The van der Waals surface area contributed by atoms with Gasteiger partial charge in [0.1, 0.15) is 6.10 Å². The van der Waals surface area contributed by atoms with Crippen molar-refractivity contribution in [3.8, 4) is 0 Å². The zero-order chi connectivity index (χ0) is 11.4. The van der Waals surface area contributed by atoms with E-state index in [1.54, 1.807) is 0 Å². The molecule has 0 aromatic carbocycles. The molecule has 0 saturated carbocycles. The van der Waals surface area contributed by atoms with Crippen LogP contribution in [-0.4, -0.2) is 51.2 Å². The van der Waals surface area contributed by atoms with Gasteiger partial charge < -0.3 is 24.1 Å². The zero-order valence-corrected chi connectivity index (χ0v) is 8.85. The maximum Gasteiger partial charge on any atom is 0.378 e. The largest absolute Gasteiger partial charge is 0.505 e. The topological polar surface area (TPSA) is 74.2 Å². The number of carbonyl (C=O) groups excluding carboxylic acids is 1. The number of rotatable bonds is 5. The van der Waals surface area contributed by atoms with E-state index in [1.165, 1.54) is 21.3 Å². The Morgan fingerprint density at radius 1 is 1.47 bits per heavy atom. The van der Waals surface area contributed by atoms with Gasteiger partial charge in [-0.25, -0.2) is 4.79 Å². The van der Waals surface area contributed by atoms with Crippen LogP contribution in [-0.2, 0) is 23.7 Å². The van der Waals surface area contributed by atoms with Crippen LogP contribution in [0, 0.1) is 0 Å². The first-order chi connectivity index (χ1) is 7.15. The molecule has 0 aromatic heterocycles. The Balaban J connectivity index is 2.80. The van der Waals surface area contributed by atoms with E-state index in [2.05, 4.69) is 0 Å². The molecule has 0 aliphatic carbocycles. The molecular formula is C9H14O6. The van der Waals surface area contributed by atoms with Gasteiger partial charge in [-0.3, -0.25) is 0 Å². The van der Waals surface area contributed by atoms with Gasteiger partial charge in [-0.2, -0.15) is 0 Å². The Bertz CT molecular complexity index is 272. The lowest BCUT2D eigenvalue weighted by Crippen LogP contribution is -2.34. The normalized spacial score (nSPS) is 22.9. The van der Waals surface area contributed by atoms with Gasteiger partial charge >= 0.3 is 5.97 Å². The molecule has 1 N–H and O–H groups in total. The van der Waals surface area contributed by atoms with Gasteiger partial charge in [0.25, 0.3) is 0 Å². The molecule has 86 valence electrons. The third-order valence-corrected chi connectivity index (χ3v) is 2.10. The summed E-state index contributed by atoms with van der Waals surface area (Å²) in [6.45, 7) is 0.204. The van der Waals surface area contributed by atoms with Gasteiger partial charge in [0, 0.05) is 14.2 Å². The SMILES string of the molecule is COCC(OC)C1OC(=O)C(OC)=C1O. The lowest BCUT2D eigenvalue weighted by molar-refractivity contribution is -0.149. The minimum absolute atomic E-state index is 0.182. The van der Waals surface area contributed by atoms with Crippen LogP contribution in [0.4, 0.5) is 0 Å². The number of cyclic esters (lactones) is 1. The molecular weight excluding hydrogens is 204 g/mol. The van der Waals surface area contributed by atoms with Crippen LogP contribution in [0.5, 0.6) is 0 Å². The summed E-state index contributed by atoms with van der Waals surface area (Å²) in [4.78, 5) is 11.2. The highest BCUT2D eigenvalue weighted by molar-refractivity contribution is 5.89. The summed E-state index contributed by atoms with van der Waals surface area (Å²) in [6, 6.07) is 0. The molecule has 2 unspecified atom stereocenters. The minimum Gasteiger partial charge on any atom is -0.505 e. The zero-order valence-electron chi connectivity index (χ0n) is 8.85. The Hall–Kier alpha value is -1.27. The van der Waals surface area contributed by atoms with Gasteiger partial charge in [0.2, 0.25) is 5.76 Å². The molecule has 0 aromatic rings. The van der Waals surface area contributed by atoms with Gasteiger partial charge in [-0.15, -0.1) is 0 Å². The van der Waals surface area contributed by atoms with E-state index < -0.39 is 18.2 Å². The van der Waals surface area contributed by atoms with Crippen molar-refractivity contribution in [3.05, 3.63) is 11.5 Å². The van der Waals surface area contributed by atoms with E-state index in [9.17, 15) is 9.90 Å². The molecule has 1 rings (SSSR count). The molecule has 0 saturated heterocycles. The molecule has 0 fully saturated rings. The van der Waals surface area contributed by atoms with Crippen molar-refractivity contribution in [3.63, 3.8) is 0 Å². The highest BCUT2D eigenvalue weighted by Gasteiger charge is 2.40.